The minimum atomic E-state index is 1.19. The van der Waals surface area contributed by atoms with Crippen molar-refractivity contribution < 1.29 is 0 Å². The van der Waals surface area contributed by atoms with Crippen LogP contribution in [0.3, 0.4) is 0 Å². The van der Waals surface area contributed by atoms with Crippen LogP contribution in [0.1, 0.15) is 33.6 Å². The first-order chi connectivity index (χ1) is 4.29. The van der Waals surface area contributed by atoms with Crippen LogP contribution in [0.5, 0.6) is 0 Å². The summed E-state index contributed by atoms with van der Waals surface area (Å²) in [5, 5.41) is 0. The van der Waals surface area contributed by atoms with E-state index >= 15 is 0 Å². The molecule has 0 saturated carbocycles. The van der Waals surface area contributed by atoms with E-state index < -0.39 is 0 Å². The van der Waals surface area contributed by atoms with Crippen molar-refractivity contribution in [3.8, 4) is 0 Å². The van der Waals surface area contributed by atoms with E-state index in [1.165, 1.54) is 24.0 Å². The first-order valence-corrected chi connectivity index (χ1v) is 3.64. The number of hydrogen-bond acceptors (Lipinski definition) is 0. The standard InChI is InChI=1S/C7H10.C2H6/c1-6-3-4-7(2)5-6;1-2/h5H,1,3-4H2,2H3;1-2H3. The topological polar surface area (TPSA) is 0 Å². The molecule has 0 aromatic rings. The van der Waals surface area contributed by atoms with Crippen LogP contribution in [0.25, 0.3) is 0 Å². The molecule has 0 heteroatoms. The van der Waals surface area contributed by atoms with Crippen LogP contribution in [0.15, 0.2) is 23.8 Å². The lowest BCUT2D eigenvalue weighted by Crippen LogP contribution is -1.61. The molecule has 0 aromatic heterocycles. The molecule has 0 saturated heterocycles. The van der Waals surface area contributed by atoms with E-state index in [0.717, 1.165) is 0 Å². The predicted octanol–water partition coefficient (Wildman–Crippen LogP) is 3.31. The fraction of sp³-hybridized carbons (Fsp3) is 0.556. The second-order valence-corrected chi connectivity index (χ2v) is 2.15. The molecule has 0 N–H and O–H groups in total. The second kappa shape index (κ2) is 4.37. The van der Waals surface area contributed by atoms with Gasteiger partial charge in [-0.2, -0.15) is 0 Å². The fourth-order valence-corrected chi connectivity index (χ4v) is 0.851. The van der Waals surface area contributed by atoms with E-state index in [0.29, 0.717) is 0 Å². The van der Waals surface area contributed by atoms with E-state index in [1.54, 1.807) is 0 Å². The van der Waals surface area contributed by atoms with Gasteiger partial charge in [0.05, 0.1) is 0 Å². The van der Waals surface area contributed by atoms with Gasteiger partial charge in [0, 0.05) is 0 Å². The third-order valence-electron chi connectivity index (χ3n) is 1.29. The summed E-state index contributed by atoms with van der Waals surface area (Å²) in [6, 6.07) is 0. The van der Waals surface area contributed by atoms with E-state index in [4.69, 9.17) is 0 Å². The summed E-state index contributed by atoms with van der Waals surface area (Å²) in [4.78, 5) is 0. The van der Waals surface area contributed by atoms with Gasteiger partial charge in [0.2, 0.25) is 0 Å². The summed E-state index contributed by atoms with van der Waals surface area (Å²) in [6.45, 7) is 9.98. The number of rotatable bonds is 0. The first-order valence-electron chi connectivity index (χ1n) is 3.64. The smallest absolute Gasteiger partial charge is 0.0247 e. The lowest BCUT2D eigenvalue weighted by molar-refractivity contribution is 1.01. The molecule has 0 atom stereocenters. The van der Waals surface area contributed by atoms with Crippen molar-refractivity contribution in [2.24, 2.45) is 0 Å². The highest BCUT2D eigenvalue weighted by Gasteiger charge is 2.00. The molecule has 0 aromatic carbocycles. The predicted molar refractivity (Wildman–Crippen MR) is 43.5 cm³/mol. The van der Waals surface area contributed by atoms with Crippen LogP contribution in [0, 0.1) is 0 Å². The highest BCUT2D eigenvalue weighted by atomic mass is 14.1. The number of allylic oxidation sites excluding steroid dienone is 3. The van der Waals surface area contributed by atoms with Crippen molar-refractivity contribution in [3.63, 3.8) is 0 Å². The molecular formula is C9H16. The Bertz CT molecular complexity index is 118. The van der Waals surface area contributed by atoms with Gasteiger partial charge in [0.25, 0.3) is 0 Å². The summed E-state index contributed by atoms with van der Waals surface area (Å²) >= 11 is 0. The monoisotopic (exact) mass is 124 g/mol. The van der Waals surface area contributed by atoms with Crippen molar-refractivity contribution in [1.82, 2.24) is 0 Å². The van der Waals surface area contributed by atoms with Crippen molar-refractivity contribution in [2.75, 3.05) is 0 Å². The Morgan fingerprint density at radius 2 is 1.89 bits per heavy atom. The second-order valence-electron chi connectivity index (χ2n) is 2.15. The molecule has 0 nitrogen and oxygen atoms in total. The lowest BCUT2D eigenvalue weighted by atomic mass is 10.2. The molecule has 0 heterocycles. The van der Waals surface area contributed by atoms with Crippen LogP contribution in [-0.4, -0.2) is 0 Å². The molecule has 0 fully saturated rings. The van der Waals surface area contributed by atoms with Gasteiger partial charge in [-0.25, -0.2) is 0 Å². The quantitative estimate of drug-likeness (QED) is 0.464. The molecule has 0 aliphatic heterocycles. The van der Waals surface area contributed by atoms with Gasteiger partial charge in [-0.3, -0.25) is 0 Å². The molecular weight excluding hydrogens is 108 g/mol. The van der Waals surface area contributed by atoms with E-state index in [-0.39, 0.29) is 0 Å². The lowest BCUT2D eigenvalue weighted by Gasteiger charge is -1.80. The van der Waals surface area contributed by atoms with Crippen LogP contribution >= 0.6 is 0 Å². The molecule has 0 unspecified atom stereocenters. The minimum Gasteiger partial charge on any atom is -0.0958 e. The molecule has 52 valence electrons. The van der Waals surface area contributed by atoms with Crippen LogP contribution < -0.4 is 0 Å². The van der Waals surface area contributed by atoms with Crippen LogP contribution in [0.2, 0.25) is 0 Å². The molecule has 0 amide bonds. The van der Waals surface area contributed by atoms with Gasteiger partial charge in [0.15, 0.2) is 0 Å². The third kappa shape index (κ3) is 3.12. The van der Waals surface area contributed by atoms with Crippen LogP contribution in [-0.2, 0) is 0 Å². The molecule has 0 spiro atoms. The maximum absolute atomic E-state index is 3.83. The third-order valence-corrected chi connectivity index (χ3v) is 1.29. The highest BCUT2D eigenvalue weighted by Crippen LogP contribution is 2.20. The molecule has 1 rings (SSSR count). The van der Waals surface area contributed by atoms with Gasteiger partial charge >= 0.3 is 0 Å². The first kappa shape index (κ1) is 8.48. The zero-order chi connectivity index (χ0) is 7.28. The normalized spacial score (nSPS) is 16.3. The maximum atomic E-state index is 3.83. The Hall–Kier alpha value is -0.520. The van der Waals surface area contributed by atoms with Gasteiger partial charge < -0.3 is 0 Å². The molecule has 1 aliphatic rings. The van der Waals surface area contributed by atoms with Gasteiger partial charge in [-0.15, -0.1) is 0 Å². The van der Waals surface area contributed by atoms with E-state index in [1.807, 2.05) is 13.8 Å². The fourth-order valence-electron chi connectivity index (χ4n) is 0.851. The molecule has 9 heavy (non-hydrogen) atoms. The molecule has 0 bridgehead atoms. The summed E-state index contributed by atoms with van der Waals surface area (Å²) < 4.78 is 0. The van der Waals surface area contributed by atoms with Crippen molar-refractivity contribution in [3.05, 3.63) is 23.8 Å². The summed E-state index contributed by atoms with van der Waals surface area (Å²) in [6.07, 6.45) is 4.59. The molecule has 0 radical (unpaired) electrons. The minimum absolute atomic E-state index is 1.19. The summed E-state index contributed by atoms with van der Waals surface area (Å²) in [5.41, 5.74) is 2.77. The molecule has 1 aliphatic carbocycles. The van der Waals surface area contributed by atoms with Crippen LogP contribution in [0.4, 0.5) is 0 Å². The number of hydrogen-bond donors (Lipinski definition) is 0. The summed E-state index contributed by atoms with van der Waals surface area (Å²) in [7, 11) is 0. The Morgan fingerprint density at radius 1 is 1.33 bits per heavy atom. The van der Waals surface area contributed by atoms with Gasteiger partial charge in [-0.05, 0) is 19.8 Å². The zero-order valence-corrected chi connectivity index (χ0v) is 6.70. The SMILES string of the molecule is C=C1C=C(C)CC1.CC. The van der Waals surface area contributed by atoms with Crippen molar-refractivity contribution >= 4 is 0 Å². The van der Waals surface area contributed by atoms with E-state index in [9.17, 15) is 0 Å². The average molecular weight is 124 g/mol. The largest absolute Gasteiger partial charge is 0.0958 e. The highest BCUT2D eigenvalue weighted by molar-refractivity contribution is 5.26. The summed E-state index contributed by atoms with van der Waals surface area (Å²) in [5.74, 6) is 0. The van der Waals surface area contributed by atoms with Crippen molar-refractivity contribution in [1.29, 1.82) is 0 Å². The zero-order valence-electron chi connectivity index (χ0n) is 6.70. The maximum Gasteiger partial charge on any atom is -0.0247 e. The Labute approximate surface area is 58.3 Å². The Kier molecular flexibility index (Phi) is 4.12. The van der Waals surface area contributed by atoms with Gasteiger partial charge in [0.1, 0.15) is 0 Å². The Balaban J connectivity index is 0.000000291. The average Bonchev–Trinajstić information content (AvgIpc) is 2.20. The van der Waals surface area contributed by atoms with Crippen molar-refractivity contribution in [2.45, 2.75) is 33.6 Å². The Morgan fingerprint density at radius 3 is 2.00 bits per heavy atom. The van der Waals surface area contributed by atoms with E-state index in [2.05, 4.69) is 19.6 Å². The van der Waals surface area contributed by atoms with Gasteiger partial charge in [-0.1, -0.05) is 37.6 Å².